The molecule has 0 fully saturated rings. The quantitative estimate of drug-likeness (QED) is 0.152. The van der Waals surface area contributed by atoms with Crippen molar-refractivity contribution < 1.29 is 5.21 Å². The Morgan fingerprint density at radius 2 is 1.21 bits per heavy atom. The van der Waals surface area contributed by atoms with E-state index in [0.29, 0.717) is 23.3 Å². The van der Waals surface area contributed by atoms with Crippen LogP contribution in [0.25, 0.3) is 27.9 Å². The SMILES string of the molecule is Cc1ccc([N-]N(O)c2ccc(C)c(Nc3nccc(-c4cccnc4)n3)c2)cc1Nc1nccc(-c2cccnc2)n1. The van der Waals surface area contributed by atoms with Crippen LogP contribution in [0.5, 0.6) is 0 Å². The van der Waals surface area contributed by atoms with Crippen molar-refractivity contribution in [2.45, 2.75) is 13.8 Å². The van der Waals surface area contributed by atoms with E-state index in [1.165, 1.54) is 0 Å². The van der Waals surface area contributed by atoms with Crippen molar-refractivity contribution in [1.29, 1.82) is 0 Å². The lowest BCUT2D eigenvalue weighted by Gasteiger charge is -2.34. The van der Waals surface area contributed by atoms with Crippen LogP contribution in [-0.2, 0) is 0 Å². The van der Waals surface area contributed by atoms with Crippen molar-refractivity contribution in [3.63, 3.8) is 0 Å². The fraction of sp³-hybridized carbons (Fsp3) is 0.0625. The molecule has 6 rings (SSSR count). The summed E-state index contributed by atoms with van der Waals surface area (Å²) in [6, 6.07) is 22.3. The second-order valence-electron chi connectivity index (χ2n) is 9.65. The summed E-state index contributed by atoms with van der Waals surface area (Å²) in [6.07, 6.45) is 10.3. The largest absolute Gasteiger partial charge is 0.569 e. The molecule has 0 aliphatic heterocycles. The van der Waals surface area contributed by atoms with Crippen molar-refractivity contribution in [1.82, 2.24) is 29.9 Å². The summed E-state index contributed by atoms with van der Waals surface area (Å²) in [6.45, 7) is 3.93. The molecule has 4 aromatic heterocycles. The number of rotatable bonds is 9. The Morgan fingerprint density at radius 1 is 0.651 bits per heavy atom. The van der Waals surface area contributed by atoms with Crippen LogP contribution in [0.2, 0.25) is 0 Å². The molecule has 43 heavy (non-hydrogen) atoms. The van der Waals surface area contributed by atoms with Crippen molar-refractivity contribution in [2.24, 2.45) is 0 Å². The van der Waals surface area contributed by atoms with Crippen molar-refractivity contribution in [3.8, 4) is 22.5 Å². The van der Waals surface area contributed by atoms with Gasteiger partial charge in [-0.2, -0.15) is 0 Å². The number of aryl methyl sites for hydroxylation is 2. The molecule has 11 nitrogen and oxygen atoms in total. The zero-order chi connectivity index (χ0) is 29.6. The minimum Gasteiger partial charge on any atom is -0.569 e. The molecule has 0 radical (unpaired) electrons. The molecule has 0 spiro atoms. The third-order valence-corrected chi connectivity index (χ3v) is 6.60. The van der Waals surface area contributed by atoms with Gasteiger partial charge < -0.3 is 26.4 Å². The fourth-order valence-electron chi connectivity index (χ4n) is 4.27. The van der Waals surface area contributed by atoms with Gasteiger partial charge in [0.1, 0.15) is 0 Å². The number of hydrogen-bond donors (Lipinski definition) is 3. The van der Waals surface area contributed by atoms with Gasteiger partial charge in [0.05, 0.1) is 11.4 Å². The summed E-state index contributed by atoms with van der Waals surface area (Å²) in [7, 11) is 0. The Labute approximate surface area is 248 Å². The first-order valence-electron chi connectivity index (χ1n) is 13.4. The van der Waals surface area contributed by atoms with E-state index in [-0.39, 0.29) is 0 Å². The first kappa shape index (κ1) is 27.2. The normalized spacial score (nSPS) is 10.7. The number of benzene rings is 2. The molecule has 6 aromatic rings. The minimum atomic E-state index is 0.423. The lowest BCUT2D eigenvalue weighted by atomic mass is 10.1. The van der Waals surface area contributed by atoms with Crippen molar-refractivity contribution in [3.05, 3.63) is 127 Å². The standard InChI is InChI=1S/C32H27N10O/c1-21-7-9-25(17-29(21)39-31-35-15-11-27(37-31)23-5-3-13-33-19-23)41-42(43)26-10-8-22(2)30(18-26)40-32-36-16-12-28(38-32)24-6-4-14-34-20-24/h3-20,43H,1-2H3,(H,35,37,39)(H,36,38,40)/q-1. The molecule has 0 saturated carbocycles. The van der Waals surface area contributed by atoms with Crippen LogP contribution in [0, 0.1) is 13.8 Å². The van der Waals surface area contributed by atoms with Crippen LogP contribution in [0.4, 0.5) is 34.6 Å². The average Bonchev–Trinajstić information content (AvgIpc) is 3.05. The lowest BCUT2D eigenvalue weighted by molar-refractivity contribution is 0.289. The average molecular weight is 568 g/mol. The van der Waals surface area contributed by atoms with Crippen LogP contribution in [-0.4, -0.2) is 35.1 Å². The van der Waals surface area contributed by atoms with Gasteiger partial charge in [0.2, 0.25) is 11.9 Å². The van der Waals surface area contributed by atoms with Crippen LogP contribution < -0.4 is 15.8 Å². The third-order valence-electron chi connectivity index (χ3n) is 6.60. The van der Waals surface area contributed by atoms with E-state index in [1.54, 1.807) is 49.3 Å². The molecule has 3 N–H and O–H groups in total. The zero-order valence-electron chi connectivity index (χ0n) is 23.4. The number of anilines is 5. The highest BCUT2D eigenvalue weighted by Gasteiger charge is 2.08. The number of hydrogen-bond acceptors (Lipinski definition) is 10. The van der Waals surface area contributed by atoms with E-state index in [4.69, 9.17) is 0 Å². The number of aromatic nitrogens is 6. The number of nitrogens with one attached hydrogen (secondary N) is 2. The van der Waals surface area contributed by atoms with Crippen LogP contribution in [0.15, 0.2) is 110 Å². The molecule has 4 heterocycles. The summed E-state index contributed by atoms with van der Waals surface area (Å²) < 4.78 is 0. The lowest BCUT2D eigenvalue weighted by Crippen LogP contribution is -2.11. The van der Waals surface area contributed by atoms with Crippen LogP contribution in [0.3, 0.4) is 0 Å². The second kappa shape index (κ2) is 12.3. The van der Waals surface area contributed by atoms with Crippen molar-refractivity contribution >= 4 is 34.6 Å². The van der Waals surface area contributed by atoms with Gasteiger partial charge in [0.15, 0.2) is 0 Å². The molecule has 11 heteroatoms. The van der Waals surface area contributed by atoms with E-state index >= 15 is 0 Å². The van der Waals surface area contributed by atoms with Gasteiger partial charge in [0, 0.05) is 65.4 Å². The van der Waals surface area contributed by atoms with E-state index in [9.17, 15) is 5.21 Å². The molecule has 0 aliphatic carbocycles. The van der Waals surface area contributed by atoms with Gasteiger partial charge >= 0.3 is 0 Å². The van der Waals surface area contributed by atoms with Crippen molar-refractivity contribution in [2.75, 3.05) is 15.8 Å². The molecular formula is C32H27N10O-. The van der Waals surface area contributed by atoms with Crippen LogP contribution >= 0.6 is 0 Å². The topological polar surface area (TPSA) is 139 Å². The summed E-state index contributed by atoms with van der Waals surface area (Å²) in [5.74, 6) is 0.860. The molecule has 0 bridgehead atoms. The number of pyridine rings is 2. The molecular weight excluding hydrogens is 540 g/mol. The highest BCUT2D eigenvalue weighted by atomic mass is 16.5. The highest BCUT2D eigenvalue weighted by molar-refractivity contribution is 5.72. The zero-order valence-corrected chi connectivity index (χ0v) is 23.4. The predicted molar refractivity (Wildman–Crippen MR) is 167 cm³/mol. The van der Waals surface area contributed by atoms with Gasteiger partial charge in [0.25, 0.3) is 0 Å². The van der Waals surface area contributed by atoms with E-state index in [0.717, 1.165) is 50.2 Å². The van der Waals surface area contributed by atoms with Gasteiger partial charge in [-0.25, -0.2) is 19.9 Å². The Morgan fingerprint density at radius 3 is 1.77 bits per heavy atom. The monoisotopic (exact) mass is 567 g/mol. The summed E-state index contributed by atoms with van der Waals surface area (Å²) in [4.78, 5) is 26.3. The molecule has 0 amide bonds. The maximum absolute atomic E-state index is 10.9. The highest BCUT2D eigenvalue weighted by Crippen LogP contribution is 2.32. The van der Waals surface area contributed by atoms with Gasteiger partial charge in [-0.3, -0.25) is 9.97 Å². The molecule has 0 unspecified atom stereocenters. The molecule has 0 aliphatic rings. The Bertz CT molecular complexity index is 1850. The Hall–Kier alpha value is -5.94. The summed E-state index contributed by atoms with van der Waals surface area (Å²) in [5.41, 5.74) is 12.1. The van der Waals surface area contributed by atoms with E-state index in [2.05, 4.69) is 46.0 Å². The number of nitrogens with zero attached hydrogens (tertiary/aromatic N) is 8. The Kier molecular flexibility index (Phi) is 7.78. The maximum Gasteiger partial charge on any atom is 0.227 e. The van der Waals surface area contributed by atoms with Gasteiger partial charge in [-0.05, 0) is 73.5 Å². The van der Waals surface area contributed by atoms with Crippen LogP contribution in [0.1, 0.15) is 11.1 Å². The summed E-state index contributed by atoms with van der Waals surface area (Å²) >= 11 is 0. The fourth-order valence-corrected chi connectivity index (χ4v) is 4.27. The molecule has 212 valence electrons. The first-order valence-corrected chi connectivity index (χ1v) is 13.4. The van der Waals surface area contributed by atoms with Gasteiger partial charge in [-0.15, -0.1) is 5.69 Å². The molecule has 0 atom stereocenters. The smallest absolute Gasteiger partial charge is 0.227 e. The van der Waals surface area contributed by atoms with Gasteiger partial charge in [-0.1, -0.05) is 24.3 Å². The minimum absolute atomic E-state index is 0.423. The Balaban J connectivity index is 1.17. The molecule has 0 saturated heterocycles. The molecule has 2 aromatic carbocycles. The summed E-state index contributed by atoms with van der Waals surface area (Å²) in [5, 5.41) is 18.3. The maximum atomic E-state index is 10.9. The van der Waals surface area contributed by atoms with E-state index in [1.807, 2.05) is 74.5 Å². The third kappa shape index (κ3) is 6.53. The first-order chi connectivity index (χ1) is 21.0. The second-order valence-corrected chi connectivity index (χ2v) is 9.65. The predicted octanol–water partition coefficient (Wildman–Crippen LogP) is 7.31. The van der Waals surface area contributed by atoms with E-state index < -0.39 is 0 Å².